The molecule has 1 N–H and O–H groups in total. The Hall–Kier alpha value is -2.55. The SMILES string of the molecule is Cc1cccc(-c2oc(C(=O)O)c3ccccc23)c1. The summed E-state index contributed by atoms with van der Waals surface area (Å²) in [5, 5.41) is 10.7. The fourth-order valence-electron chi connectivity index (χ4n) is 2.25. The van der Waals surface area contributed by atoms with Crippen molar-refractivity contribution in [2.24, 2.45) is 0 Å². The van der Waals surface area contributed by atoms with E-state index in [-0.39, 0.29) is 5.76 Å². The number of rotatable bonds is 2. The summed E-state index contributed by atoms with van der Waals surface area (Å²) in [6.07, 6.45) is 0. The average Bonchev–Trinajstić information content (AvgIpc) is 2.78. The van der Waals surface area contributed by atoms with Crippen LogP contribution in [0.1, 0.15) is 16.1 Å². The van der Waals surface area contributed by atoms with Crippen LogP contribution in [-0.4, -0.2) is 11.1 Å². The highest BCUT2D eigenvalue weighted by Crippen LogP contribution is 2.34. The molecule has 0 radical (unpaired) electrons. The summed E-state index contributed by atoms with van der Waals surface area (Å²) in [6.45, 7) is 1.99. The smallest absolute Gasteiger partial charge is 0.372 e. The Bertz CT molecular complexity index is 769. The molecule has 0 bridgehead atoms. The monoisotopic (exact) mass is 252 g/mol. The number of carbonyl (C=O) groups is 1. The van der Waals surface area contributed by atoms with Crippen molar-refractivity contribution in [1.29, 1.82) is 0 Å². The van der Waals surface area contributed by atoms with Gasteiger partial charge in [-0.2, -0.15) is 0 Å². The van der Waals surface area contributed by atoms with Crippen molar-refractivity contribution in [1.82, 2.24) is 0 Å². The summed E-state index contributed by atoms with van der Waals surface area (Å²) in [7, 11) is 0. The van der Waals surface area contributed by atoms with Crippen molar-refractivity contribution < 1.29 is 14.3 Å². The normalized spacial score (nSPS) is 10.8. The topological polar surface area (TPSA) is 50.4 Å². The third-order valence-corrected chi connectivity index (χ3v) is 3.09. The summed E-state index contributed by atoms with van der Waals surface area (Å²) in [5.41, 5.74) is 2.00. The first kappa shape index (κ1) is 11.5. The molecule has 0 spiro atoms. The number of aryl methyl sites for hydroxylation is 1. The van der Waals surface area contributed by atoms with Gasteiger partial charge in [0.05, 0.1) is 0 Å². The molecule has 3 rings (SSSR count). The molecule has 3 nitrogen and oxygen atoms in total. The molecule has 0 amide bonds. The molecule has 0 saturated heterocycles. The zero-order valence-electron chi connectivity index (χ0n) is 10.4. The lowest BCUT2D eigenvalue weighted by molar-refractivity contribution is 0.0666. The Kier molecular flexibility index (Phi) is 2.60. The number of hydrogen-bond donors (Lipinski definition) is 1. The standard InChI is InChI=1S/C16H12O3/c1-10-5-4-6-11(9-10)14-12-7-2-3-8-13(12)15(19-14)16(17)18/h2-9H,1H3,(H,17,18). The van der Waals surface area contributed by atoms with E-state index in [0.29, 0.717) is 11.1 Å². The first-order valence-corrected chi connectivity index (χ1v) is 5.98. The van der Waals surface area contributed by atoms with E-state index in [4.69, 9.17) is 4.42 Å². The minimum absolute atomic E-state index is 0.00731. The van der Waals surface area contributed by atoms with Crippen LogP contribution in [0.3, 0.4) is 0 Å². The Balaban J connectivity index is 2.33. The van der Waals surface area contributed by atoms with Gasteiger partial charge in [0.2, 0.25) is 5.76 Å². The van der Waals surface area contributed by atoms with Gasteiger partial charge < -0.3 is 9.52 Å². The Morgan fingerprint density at radius 1 is 1.05 bits per heavy atom. The Labute approximate surface area is 110 Å². The van der Waals surface area contributed by atoms with Crippen LogP contribution in [0.4, 0.5) is 0 Å². The lowest BCUT2D eigenvalue weighted by Crippen LogP contribution is -1.93. The maximum absolute atomic E-state index is 11.2. The molecule has 3 aromatic rings. The van der Waals surface area contributed by atoms with Crippen molar-refractivity contribution in [3.05, 3.63) is 59.9 Å². The van der Waals surface area contributed by atoms with Crippen LogP contribution in [0.25, 0.3) is 22.1 Å². The second-order valence-electron chi connectivity index (χ2n) is 4.48. The van der Waals surface area contributed by atoms with Gasteiger partial charge in [-0.25, -0.2) is 4.79 Å². The van der Waals surface area contributed by atoms with E-state index >= 15 is 0 Å². The molecule has 2 aromatic carbocycles. The molecule has 0 saturated carbocycles. The van der Waals surface area contributed by atoms with Crippen molar-refractivity contribution in [2.75, 3.05) is 0 Å². The number of aromatic carboxylic acids is 1. The number of carboxylic acids is 1. The number of furan rings is 1. The second kappa shape index (κ2) is 4.28. The van der Waals surface area contributed by atoms with Crippen molar-refractivity contribution in [3.8, 4) is 11.3 Å². The molecular formula is C16H12O3. The average molecular weight is 252 g/mol. The van der Waals surface area contributed by atoms with Gasteiger partial charge in [-0.05, 0) is 13.0 Å². The maximum atomic E-state index is 11.2. The summed E-state index contributed by atoms with van der Waals surface area (Å²) in [4.78, 5) is 11.2. The molecule has 1 heterocycles. The molecular weight excluding hydrogens is 240 g/mol. The van der Waals surface area contributed by atoms with Gasteiger partial charge >= 0.3 is 5.97 Å². The van der Waals surface area contributed by atoms with Gasteiger partial charge in [-0.1, -0.05) is 48.0 Å². The molecule has 0 aliphatic carbocycles. The second-order valence-corrected chi connectivity index (χ2v) is 4.48. The molecule has 0 fully saturated rings. The summed E-state index contributed by atoms with van der Waals surface area (Å²) < 4.78 is 5.57. The summed E-state index contributed by atoms with van der Waals surface area (Å²) in [5.74, 6) is -0.445. The van der Waals surface area contributed by atoms with E-state index in [1.54, 1.807) is 6.07 Å². The van der Waals surface area contributed by atoms with E-state index in [0.717, 1.165) is 16.5 Å². The largest absolute Gasteiger partial charge is 0.475 e. The van der Waals surface area contributed by atoms with Crippen LogP contribution in [-0.2, 0) is 0 Å². The predicted molar refractivity (Wildman–Crippen MR) is 73.3 cm³/mol. The molecule has 0 unspecified atom stereocenters. The Morgan fingerprint density at radius 3 is 2.47 bits per heavy atom. The maximum Gasteiger partial charge on any atom is 0.372 e. The minimum Gasteiger partial charge on any atom is -0.475 e. The zero-order chi connectivity index (χ0) is 13.4. The van der Waals surface area contributed by atoms with Gasteiger partial charge in [-0.3, -0.25) is 0 Å². The molecule has 0 aliphatic rings. The highest BCUT2D eigenvalue weighted by Gasteiger charge is 2.18. The minimum atomic E-state index is -1.05. The van der Waals surface area contributed by atoms with Crippen molar-refractivity contribution in [3.63, 3.8) is 0 Å². The number of fused-ring (bicyclic) bond motifs is 1. The van der Waals surface area contributed by atoms with Crippen LogP contribution in [0.2, 0.25) is 0 Å². The number of carboxylic acid groups (broad SMARTS) is 1. The van der Waals surface area contributed by atoms with Gasteiger partial charge in [-0.15, -0.1) is 0 Å². The van der Waals surface area contributed by atoms with Crippen LogP contribution in [0.15, 0.2) is 52.9 Å². The fraction of sp³-hybridized carbons (Fsp3) is 0.0625. The van der Waals surface area contributed by atoms with E-state index < -0.39 is 5.97 Å². The quantitative estimate of drug-likeness (QED) is 0.746. The summed E-state index contributed by atoms with van der Waals surface area (Å²) >= 11 is 0. The van der Waals surface area contributed by atoms with E-state index in [1.165, 1.54) is 0 Å². The van der Waals surface area contributed by atoms with Crippen molar-refractivity contribution >= 4 is 16.7 Å². The zero-order valence-corrected chi connectivity index (χ0v) is 10.4. The number of benzene rings is 2. The number of hydrogen-bond acceptors (Lipinski definition) is 2. The third-order valence-electron chi connectivity index (χ3n) is 3.09. The highest BCUT2D eigenvalue weighted by atomic mass is 16.4. The lowest BCUT2D eigenvalue weighted by atomic mass is 10.1. The van der Waals surface area contributed by atoms with Crippen LogP contribution in [0.5, 0.6) is 0 Å². The first-order valence-electron chi connectivity index (χ1n) is 5.98. The van der Waals surface area contributed by atoms with Crippen molar-refractivity contribution in [2.45, 2.75) is 6.92 Å². The van der Waals surface area contributed by atoms with E-state index in [9.17, 15) is 9.90 Å². The predicted octanol–water partition coefficient (Wildman–Crippen LogP) is 4.11. The van der Waals surface area contributed by atoms with Crippen LogP contribution >= 0.6 is 0 Å². The first-order chi connectivity index (χ1) is 9.16. The molecule has 19 heavy (non-hydrogen) atoms. The molecule has 94 valence electrons. The molecule has 0 aliphatic heterocycles. The van der Waals surface area contributed by atoms with Crippen LogP contribution in [0, 0.1) is 6.92 Å². The van der Waals surface area contributed by atoms with Gasteiger partial charge in [0.25, 0.3) is 0 Å². The molecule has 3 heteroatoms. The van der Waals surface area contributed by atoms with Gasteiger partial charge in [0.1, 0.15) is 5.76 Å². The Morgan fingerprint density at radius 2 is 1.79 bits per heavy atom. The highest BCUT2D eigenvalue weighted by molar-refractivity contribution is 6.06. The van der Waals surface area contributed by atoms with E-state index in [2.05, 4.69) is 0 Å². The molecule has 1 aromatic heterocycles. The lowest BCUT2D eigenvalue weighted by Gasteiger charge is -1.99. The summed E-state index contributed by atoms with van der Waals surface area (Å²) in [6, 6.07) is 15.2. The van der Waals surface area contributed by atoms with Gasteiger partial charge in [0, 0.05) is 16.3 Å². The fourth-order valence-corrected chi connectivity index (χ4v) is 2.25. The van der Waals surface area contributed by atoms with Gasteiger partial charge in [0.15, 0.2) is 0 Å². The molecule has 0 atom stereocenters. The third kappa shape index (κ3) is 1.89. The van der Waals surface area contributed by atoms with E-state index in [1.807, 2.05) is 49.4 Å². The van der Waals surface area contributed by atoms with Crippen LogP contribution < -0.4 is 0 Å².